The van der Waals surface area contributed by atoms with Gasteiger partial charge in [0.25, 0.3) is 0 Å². The van der Waals surface area contributed by atoms with Gasteiger partial charge in [0, 0.05) is 18.2 Å². The molecule has 1 aromatic carbocycles. The first-order valence-electron chi connectivity index (χ1n) is 7.76. The van der Waals surface area contributed by atoms with Crippen LogP contribution in [0.25, 0.3) is 0 Å². The fourth-order valence-corrected chi connectivity index (χ4v) is 2.53. The minimum absolute atomic E-state index is 0.0225. The second-order valence-corrected chi connectivity index (χ2v) is 5.63. The monoisotopic (exact) mass is 333 g/mol. The van der Waals surface area contributed by atoms with Crippen molar-refractivity contribution in [2.24, 2.45) is 5.73 Å². The average molecular weight is 333 g/mol. The molecule has 0 aromatic heterocycles. The molecule has 7 heteroatoms. The quantitative estimate of drug-likeness (QED) is 0.696. The molecule has 1 aromatic rings. The van der Waals surface area contributed by atoms with E-state index in [0.29, 0.717) is 0 Å². The highest BCUT2D eigenvalue weighted by Gasteiger charge is 2.19. The van der Waals surface area contributed by atoms with Gasteiger partial charge in [-0.05, 0) is 37.8 Å². The standard InChI is InChI=1S/C17H20FN3O3/c1-2-5-14(16(19)22)21-17(23)20-11-8-9-15(13(18)10-11)24-12-6-3-4-7-12/h1,8-10,12,14H,3-7H2,(H2,19,22)(H2,20,21,23). The molecule has 1 atom stereocenters. The Balaban J connectivity index is 1.94. The maximum Gasteiger partial charge on any atom is 0.319 e. The normalized spacial score (nSPS) is 15.3. The highest BCUT2D eigenvalue weighted by Crippen LogP contribution is 2.27. The van der Waals surface area contributed by atoms with E-state index in [-0.39, 0.29) is 24.0 Å². The Morgan fingerprint density at radius 1 is 1.42 bits per heavy atom. The van der Waals surface area contributed by atoms with Gasteiger partial charge in [0.05, 0.1) is 6.10 Å². The van der Waals surface area contributed by atoms with E-state index in [1.165, 1.54) is 12.1 Å². The van der Waals surface area contributed by atoms with Crippen molar-refractivity contribution in [3.05, 3.63) is 24.0 Å². The summed E-state index contributed by atoms with van der Waals surface area (Å²) in [5.74, 6) is 1.11. The number of nitrogens with one attached hydrogen (secondary N) is 2. The maximum absolute atomic E-state index is 14.1. The number of benzene rings is 1. The van der Waals surface area contributed by atoms with Crippen molar-refractivity contribution in [2.45, 2.75) is 44.2 Å². The van der Waals surface area contributed by atoms with Crippen LogP contribution in [-0.2, 0) is 4.79 Å². The number of amides is 3. The zero-order chi connectivity index (χ0) is 17.5. The third-order valence-corrected chi connectivity index (χ3v) is 3.76. The number of terminal acetylenes is 1. The Labute approximate surface area is 139 Å². The molecular formula is C17H20FN3O3. The molecule has 1 fully saturated rings. The smallest absolute Gasteiger partial charge is 0.319 e. The number of anilines is 1. The summed E-state index contributed by atoms with van der Waals surface area (Å²) in [5, 5.41) is 4.76. The van der Waals surface area contributed by atoms with Gasteiger partial charge in [-0.25, -0.2) is 9.18 Å². The van der Waals surface area contributed by atoms with E-state index in [9.17, 15) is 14.0 Å². The summed E-state index contributed by atoms with van der Waals surface area (Å²) in [5.41, 5.74) is 5.36. The van der Waals surface area contributed by atoms with Crippen molar-refractivity contribution in [3.8, 4) is 18.1 Å². The lowest BCUT2D eigenvalue weighted by Gasteiger charge is -2.16. The number of nitrogens with two attached hydrogens (primary N) is 1. The summed E-state index contributed by atoms with van der Waals surface area (Å²) in [7, 11) is 0. The van der Waals surface area contributed by atoms with E-state index in [1.54, 1.807) is 0 Å². The van der Waals surface area contributed by atoms with Crippen molar-refractivity contribution in [1.82, 2.24) is 5.32 Å². The molecule has 1 unspecified atom stereocenters. The molecule has 3 amide bonds. The van der Waals surface area contributed by atoms with Crippen LogP contribution in [0.2, 0.25) is 0 Å². The minimum atomic E-state index is -0.982. The van der Waals surface area contributed by atoms with Crippen LogP contribution in [0.4, 0.5) is 14.9 Å². The van der Waals surface area contributed by atoms with Crippen LogP contribution in [0.3, 0.4) is 0 Å². The van der Waals surface area contributed by atoms with Crippen molar-refractivity contribution < 1.29 is 18.7 Å². The van der Waals surface area contributed by atoms with Gasteiger partial charge in [0.15, 0.2) is 11.6 Å². The second kappa shape index (κ2) is 8.20. The third-order valence-electron chi connectivity index (χ3n) is 3.76. The summed E-state index contributed by atoms with van der Waals surface area (Å²) in [6.45, 7) is 0. The molecule has 0 radical (unpaired) electrons. The number of halogens is 1. The van der Waals surface area contributed by atoms with Gasteiger partial charge >= 0.3 is 6.03 Å². The number of hydrogen-bond acceptors (Lipinski definition) is 3. The highest BCUT2D eigenvalue weighted by molar-refractivity contribution is 5.93. The topological polar surface area (TPSA) is 93.4 Å². The fourth-order valence-electron chi connectivity index (χ4n) is 2.53. The summed E-state index contributed by atoms with van der Waals surface area (Å²) in [6.07, 6.45) is 9.15. The number of rotatable bonds is 6. The molecule has 0 heterocycles. The number of urea groups is 1. The maximum atomic E-state index is 14.1. The first kappa shape index (κ1) is 17.6. The molecule has 2 rings (SSSR count). The Morgan fingerprint density at radius 2 is 2.12 bits per heavy atom. The molecule has 0 aliphatic heterocycles. The largest absolute Gasteiger partial charge is 0.487 e. The number of primary amides is 1. The van der Waals surface area contributed by atoms with Crippen LogP contribution in [-0.4, -0.2) is 24.1 Å². The summed E-state index contributed by atoms with van der Waals surface area (Å²) in [6, 6.07) is 2.47. The van der Waals surface area contributed by atoms with E-state index in [2.05, 4.69) is 16.6 Å². The van der Waals surface area contributed by atoms with Gasteiger partial charge in [-0.15, -0.1) is 12.3 Å². The van der Waals surface area contributed by atoms with Crippen LogP contribution < -0.4 is 21.1 Å². The predicted molar refractivity (Wildman–Crippen MR) is 87.9 cm³/mol. The third kappa shape index (κ3) is 4.88. The van der Waals surface area contributed by atoms with Crippen LogP contribution in [0.1, 0.15) is 32.1 Å². The lowest BCUT2D eigenvalue weighted by Crippen LogP contribution is -2.45. The molecule has 0 spiro atoms. The number of hydrogen-bond donors (Lipinski definition) is 3. The number of carbonyl (C=O) groups is 2. The molecule has 24 heavy (non-hydrogen) atoms. The molecule has 0 saturated heterocycles. The molecule has 128 valence electrons. The average Bonchev–Trinajstić information content (AvgIpc) is 3.02. The van der Waals surface area contributed by atoms with Gasteiger partial charge in [-0.3, -0.25) is 4.79 Å². The lowest BCUT2D eigenvalue weighted by molar-refractivity contribution is -0.119. The van der Waals surface area contributed by atoms with Crippen molar-refractivity contribution in [1.29, 1.82) is 0 Å². The molecule has 1 saturated carbocycles. The summed E-state index contributed by atoms with van der Waals surface area (Å²) in [4.78, 5) is 23.0. The Hall–Kier alpha value is -2.75. The first-order chi connectivity index (χ1) is 11.5. The zero-order valence-electron chi connectivity index (χ0n) is 13.2. The molecular weight excluding hydrogens is 313 g/mol. The van der Waals surface area contributed by atoms with E-state index < -0.39 is 23.8 Å². The van der Waals surface area contributed by atoms with E-state index >= 15 is 0 Å². The van der Waals surface area contributed by atoms with E-state index in [4.69, 9.17) is 16.9 Å². The zero-order valence-corrected chi connectivity index (χ0v) is 13.2. The molecule has 1 aliphatic carbocycles. The Bertz CT molecular complexity index is 651. The Kier molecular flexibility index (Phi) is 6.01. The van der Waals surface area contributed by atoms with Crippen molar-refractivity contribution in [2.75, 3.05) is 5.32 Å². The molecule has 0 bridgehead atoms. The Morgan fingerprint density at radius 3 is 2.71 bits per heavy atom. The van der Waals surface area contributed by atoms with Gasteiger partial charge in [-0.1, -0.05) is 0 Å². The first-order valence-corrected chi connectivity index (χ1v) is 7.76. The summed E-state index contributed by atoms with van der Waals surface area (Å²) >= 11 is 0. The predicted octanol–water partition coefficient (Wildman–Crippen LogP) is 2.15. The summed E-state index contributed by atoms with van der Waals surface area (Å²) < 4.78 is 19.7. The van der Waals surface area contributed by atoms with E-state index in [1.807, 2.05) is 0 Å². The van der Waals surface area contributed by atoms with Gasteiger partial charge in [-0.2, -0.15) is 0 Å². The van der Waals surface area contributed by atoms with Gasteiger partial charge in [0.1, 0.15) is 6.04 Å². The molecule has 1 aliphatic rings. The van der Waals surface area contributed by atoms with Crippen molar-refractivity contribution in [3.63, 3.8) is 0 Å². The van der Waals surface area contributed by atoms with Crippen LogP contribution >= 0.6 is 0 Å². The van der Waals surface area contributed by atoms with Crippen LogP contribution in [0.5, 0.6) is 5.75 Å². The minimum Gasteiger partial charge on any atom is -0.487 e. The molecule has 4 N–H and O–H groups in total. The SMILES string of the molecule is C#CCC(NC(=O)Nc1ccc(OC2CCCC2)c(F)c1)C(N)=O. The number of ether oxygens (including phenoxy) is 1. The van der Waals surface area contributed by atoms with E-state index in [0.717, 1.165) is 31.7 Å². The molecule has 6 nitrogen and oxygen atoms in total. The second-order valence-electron chi connectivity index (χ2n) is 5.63. The number of carbonyl (C=O) groups excluding carboxylic acids is 2. The van der Waals surface area contributed by atoms with Gasteiger partial charge in [0.2, 0.25) is 5.91 Å². The van der Waals surface area contributed by atoms with Crippen LogP contribution in [0.15, 0.2) is 18.2 Å². The van der Waals surface area contributed by atoms with Gasteiger partial charge < -0.3 is 21.1 Å². The fraction of sp³-hybridized carbons (Fsp3) is 0.412. The van der Waals surface area contributed by atoms with Crippen LogP contribution in [0, 0.1) is 18.2 Å². The lowest BCUT2D eigenvalue weighted by atomic mass is 10.2. The van der Waals surface area contributed by atoms with Crippen molar-refractivity contribution >= 4 is 17.6 Å². The highest BCUT2D eigenvalue weighted by atomic mass is 19.1.